The number of nitrogens with one attached hydrogen (secondary N) is 1. The number of hydrogen-bond acceptors (Lipinski definition) is 1. The summed E-state index contributed by atoms with van der Waals surface area (Å²) in [5.74, 6) is 0.987. The van der Waals surface area contributed by atoms with Crippen molar-refractivity contribution in [1.82, 2.24) is 5.32 Å². The van der Waals surface area contributed by atoms with Gasteiger partial charge in [0.2, 0.25) is 0 Å². The zero-order valence-electron chi connectivity index (χ0n) is 14.2. The van der Waals surface area contributed by atoms with E-state index in [0.29, 0.717) is 6.04 Å². The third-order valence-corrected chi connectivity index (χ3v) is 5.11. The van der Waals surface area contributed by atoms with Crippen LogP contribution in [0.4, 0.5) is 0 Å². The lowest BCUT2D eigenvalue weighted by molar-refractivity contribution is 0.378. The second-order valence-electron chi connectivity index (χ2n) is 6.90. The first kappa shape index (κ1) is 16.5. The highest BCUT2D eigenvalue weighted by Crippen LogP contribution is 2.28. The van der Waals surface area contributed by atoms with Gasteiger partial charge in [0.05, 0.1) is 0 Å². The Kier molecular flexibility index (Phi) is 6.76. The molecular weight excluding hydrogens is 254 g/mol. The van der Waals surface area contributed by atoms with E-state index in [-0.39, 0.29) is 0 Å². The molecule has 1 N–H and O–H groups in total. The van der Waals surface area contributed by atoms with E-state index in [0.717, 1.165) is 12.0 Å². The molecule has 1 saturated carbocycles. The summed E-state index contributed by atoms with van der Waals surface area (Å²) >= 11 is 0. The molecule has 3 atom stereocenters. The van der Waals surface area contributed by atoms with Gasteiger partial charge in [-0.1, -0.05) is 69.4 Å². The van der Waals surface area contributed by atoms with Gasteiger partial charge in [-0.25, -0.2) is 0 Å². The molecule has 0 amide bonds. The number of benzene rings is 1. The first-order valence-electron chi connectivity index (χ1n) is 9.05. The molecule has 1 aliphatic carbocycles. The van der Waals surface area contributed by atoms with Gasteiger partial charge in [-0.15, -0.1) is 0 Å². The van der Waals surface area contributed by atoms with Crippen LogP contribution in [0.3, 0.4) is 0 Å². The fourth-order valence-electron chi connectivity index (χ4n) is 3.78. The van der Waals surface area contributed by atoms with Gasteiger partial charge in [-0.05, 0) is 44.1 Å². The first-order chi connectivity index (χ1) is 10.2. The van der Waals surface area contributed by atoms with Gasteiger partial charge in [-0.3, -0.25) is 0 Å². The van der Waals surface area contributed by atoms with Crippen molar-refractivity contribution in [1.29, 1.82) is 0 Å². The van der Waals surface area contributed by atoms with Crippen molar-refractivity contribution in [3.63, 3.8) is 0 Å². The van der Waals surface area contributed by atoms with Crippen molar-refractivity contribution in [2.24, 2.45) is 5.92 Å². The zero-order chi connectivity index (χ0) is 15.1. The molecule has 1 aromatic carbocycles. The molecule has 0 bridgehead atoms. The Morgan fingerprint density at radius 1 is 1.05 bits per heavy atom. The second kappa shape index (κ2) is 8.58. The lowest BCUT2D eigenvalue weighted by Crippen LogP contribution is -2.32. The molecule has 0 saturated heterocycles. The molecule has 3 unspecified atom stereocenters. The Hall–Kier alpha value is -0.820. The molecule has 0 aliphatic heterocycles. The van der Waals surface area contributed by atoms with Crippen LogP contribution >= 0.6 is 0 Å². The van der Waals surface area contributed by atoms with Gasteiger partial charge in [-0.2, -0.15) is 0 Å². The van der Waals surface area contributed by atoms with Crippen molar-refractivity contribution >= 4 is 0 Å². The summed E-state index contributed by atoms with van der Waals surface area (Å²) in [6.07, 6.45) is 11.0. The van der Waals surface area contributed by atoms with Crippen LogP contribution in [0.1, 0.15) is 82.4 Å². The summed E-state index contributed by atoms with van der Waals surface area (Å²) in [5, 5.41) is 3.94. The topological polar surface area (TPSA) is 12.0 Å². The zero-order valence-corrected chi connectivity index (χ0v) is 14.2. The Labute approximate surface area is 131 Å². The molecule has 2 rings (SSSR count). The SMILES string of the molecule is CCCC1CCCC(NC(CC)c2ccc(C)cc2)CC1. The Morgan fingerprint density at radius 3 is 2.48 bits per heavy atom. The Balaban J connectivity index is 1.91. The van der Waals surface area contributed by atoms with Gasteiger partial charge < -0.3 is 5.32 Å². The van der Waals surface area contributed by atoms with E-state index in [1.54, 1.807) is 0 Å². The van der Waals surface area contributed by atoms with Gasteiger partial charge in [0.25, 0.3) is 0 Å². The van der Waals surface area contributed by atoms with Crippen LogP contribution in [-0.2, 0) is 0 Å². The summed E-state index contributed by atoms with van der Waals surface area (Å²) in [6, 6.07) is 10.3. The van der Waals surface area contributed by atoms with Crippen LogP contribution in [0.5, 0.6) is 0 Å². The molecule has 1 aliphatic rings. The van der Waals surface area contributed by atoms with E-state index in [4.69, 9.17) is 0 Å². The molecule has 1 fully saturated rings. The van der Waals surface area contributed by atoms with E-state index in [1.165, 1.54) is 62.5 Å². The number of aryl methyl sites for hydroxylation is 1. The second-order valence-corrected chi connectivity index (χ2v) is 6.90. The molecule has 0 spiro atoms. The highest BCUT2D eigenvalue weighted by molar-refractivity contribution is 5.24. The minimum atomic E-state index is 0.526. The van der Waals surface area contributed by atoms with E-state index in [9.17, 15) is 0 Å². The summed E-state index contributed by atoms with van der Waals surface area (Å²) in [4.78, 5) is 0. The lowest BCUT2D eigenvalue weighted by Gasteiger charge is -2.25. The molecule has 118 valence electrons. The van der Waals surface area contributed by atoms with Gasteiger partial charge in [0, 0.05) is 12.1 Å². The summed E-state index contributed by atoms with van der Waals surface area (Å²) in [6.45, 7) is 6.79. The highest BCUT2D eigenvalue weighted by atomic mass is 14.9. The highest BCUT2D eigenvalue weighted by Gasteiger charge is 2.20. The van der Waals surface area contributed by atoms with Crippen LogP contribution in [0.2, 0.25) is 0 Å². The predicted molar refractivity (Wildman–Crippen MR) is 92.6 cm³/mol. The summed E-state index contributed by atoms with van der Waals surface area (Å²) < 4.78 is 0. The Bertz CT molecular complexity index is 395. The lowest BCUT2D eigenvalue weighted by atomic mass is 9.95. The third kappa shape index (κ3) is 5.14. The van der Waals surface area contributed by atoms with Crippen molar-refractivity contribution < 1.29 is 0 Å². The standard InChI is InChI=1S/C20H33N/c1-4-7-17-8-6-9-19(15-12-17)21-20(5-2)18-13-10-16(3)11-14-18/h10-11,13-14,17,19-21H,4-9,12,15H2,1-3H3. The summed E-state index contributed by atoms with van der Waals surface area (Å²) in [5.41, 5.74) is 2.81. The average Bonchev–Trinajstić information content (AvgIpc) is 2.72. The molecule has 1 aromatic rings. The Morgan fingerprint density at radius 2 is 1.81 bits per heavy atom. The number of hydrogen-bond donors (Lipinski definition) is 1. The monoisotopic (exact) mass is 287 g/mol. The molecule has 1 nitrogen and oxygen atoms in total. The van der Waals surface area contributed by atoms with Crippen LogP contribution in [0, 0.1) is 12.8 Å². The third-order valence-electron chi connectivity index (χ3n) is 5.11. The fraction of sp³-hybridized carbons (Fsp3) is 0.700. The van der Waals surface area contributed by atoms with E-state index >= 15 is 0 Å². The van der Waals surface area contributed by atoms with Gasteiger partial charge in [0.15, 0.2) is 0 Å². The van der Waals surface area contributed by atoms with Crippen molar-refractivity contribution in [2.45, 2.75) is 84.2 Å². The number of rotatable bonds is 6. The quantitative estimate of drug-likeness (QED) is 0.653. The molecular formula is C20H33N. The molecule has 0 heterocycles. The minimum Gasteiger partial charge on any atom is -0.307 e. The average molecular weight is 287 g/mol. The maximum Gasteiger partial charge on any atom is 0.0320 e. The maximum absolute atomic E-state index is 3.94. The first-order valence-corrected chi connectivity index (χ1v) is 9.05. The van der Waals surface area contributed by atoms with Crippen molar-refractivity contribution in [3.05, 3.63) is 35.4 Å². The van der Waals surface area contributed by atoms with E-state index in [1.807, 2.05) is 0 Å². The van der Waals surface area contributed by atoms with Crippen LogP contribution < -0.4 is 5.32 Å². The van der Waals surface area contributed by atoms with E-state index < -0.39 is 0 Å². The smallest absolute Gasteiger partial charge is 0.0320 e. The normalized spacial score (nSPS) is 24.5. The van der Waals surface area contributed by atoms with Crippen molar-refractivity contribution in [3.8, 4) is 0 Å². The maximum atomic E-state index is 3.94. The largest absolute Gasteiger partial charge is 0.307 e. The molecule has 21 heavy (non-hydrogen) atoms. The van der Waals surface area contributed by atoms with E-state index in [2.05, 4.69) is 50.4 Å². The van der Waals surface area contributed by atoms with Crippen LogP contribution in [-0.4, -0.2) is 6.04 Å². The van der Waals surface area contributed by atoms with Crippen LogP contribution in [0.15, 0.2) is 24.3 Å². The van der Waals surface area contributed by atoms with Crippen LogP contribution in [0.25, 0.3) is 0 Å². The molecule has 0 aromatic heterocycles. The molecule has 0 radical (unpaired) electrons. The molecule has 1 heteroatoms. The van der Waals surface area contributed by atoms with Crippen molar-refractivity contribution in [2.75, 3.05) is 0 Å². The summed E-state index contributed by atoms with van der Waals surface area (Å²) in [7, 11) is 0. The van der Waals surface area contributed by atoms with Gasteiger partial charge in [0.1, 0.15) is 0 Å². The fourth-order valence-corrected chi connectivity index (χ4v) is 3.78. The predicted octanol–water partition coefficient (Wildman–Crippen LogP) is 5.78. The minimum absolute atomic E-state index is 0.526. The van der Waals surface area contributed by atoms with Gasteiger partial charge >= 0.3 is 0 Å².